The quantitative estimate of drug-likeness (QED) is 0.359. The van der Waals surface area contributed by atoms with Gasteiger partial charge in [0.15, 0.2) is 5.96 Å². The van der Waals surface area contributed by atoms with Gasteiger partial charge in [0.1, 0.15) is 23.4 Å². The third kappa shape index (κ3) is 5.30. The zero-order chi connectivity index (χ0) is 19.4. The Morgan fingerprint density at radius 3 is 2.75 bits per heavy atom. The van der Waals surface area contributed by atoms with Crippen LogP contribution in [0.25, 0.3) is 0 Å². The summed E-state index contributed by atoms with van der Waals surface area (Å²) >= 11 is 0. The van der Waals surface area contributed by atoms with Crippen LogP contribution >= 0.6 is 24.0 Å². The van der Waals surface area contributed by atoms with Crippen LogP contribution in [0.4, 0.5) is 0 Å². The van der Waals surface area contributed by atoms with E-state index >= 15 is 0 Å². The van der Waals surface area contributed by atoms with E-state index in [1.54, 1.807) is 7.11 Å². The molecule has 1 aliphatic heterocycles. The maximum absolute atomic E-state index is 5.86. The number of aromatic nitrogens is 1. The Labute approximate surface area is 183 Å². The third-order valence-electron chi connectivity index (χ3n) is 4.53. The summed E-state index contributed by atoms with van der Waals surface area (Å²) in [4.78, 5) is 9.06. The lowest BCUT2D eigenvalue weighted by Gasteiger charge is -2.12. The van der Waals surface area contributed by atoms with E-state index in [0.717, 1.165) is 41.5 Å². The van der Waals surface area contributed by atoms with Gasteiger partial charge in [-0.15, -0.1) is 24.0 Å². The van der Waals surface area contributed by atoms with Crippen LogP contribution in [0.1, 0.15) is 42.3 Å². The van der Waals surface area contributed by atoms with Gasteiger partial charge in [0.2, 0.25) is 5.89 Å². The van der Waals surface area contributed by atoms with Crippen molar-refractivity contribution >= 4 is 29.9 Å². The highest BCUT2D eigenvalue weighted by atomic mass is 127. The minimum absolute atomic E-state index is 0. The minimum Gasteiger partial charge on any atom is -0.496 e. The van der Waals surface area contributed by atoms with E-state index in [1.807, 2.05) is 26.8 Å². The van der Waals surface area contributed by atoms with Crippen molar-refractivity contribution in [3.8, 4) is 11.5 Å². The van der Waals surface area contributed by atoms with Crippen molar-refractivity contribution in [2.24, 2.45) is 4.99 Å². The number of aliphatic imine (C=N–C) groups is 1. The molecule has 1 atom stereocenters. The Hall–Kier alpha value is -1.97. The molecule has 3 rings (SSSR count). The van der Waals surface area contributed by atoms with Crippen LogP contribution in [0, 0.1) is 13.8 Å². The lowest BCUT2D eigenvalue weighted by atomic mass is 10.1. The van der Waals surface area contributed by atoms with Crippen LogP contribution < -0.4 is 20.1 Å². The average molecular weight is 500 g/mol. The predicted molar refractivity (Wildman–Crippen MR) is 120 cm³/mol. The first-order chi connectivity index (χ1) is 13.0. The summed E-state index contributed by atoms with van der Waals surface area (Å²) in [6.07, 6.45) is 1.11. The molecule has 1 aromatic heterocycles. The molecule has 0 bridgehead atoms. The van der Waals surface area contributed by atoms with Crippen LogP contribution in [-0.2, 0) is 19.5 Å². The molecule has 2 heterocycles. The summed E-state index contributed by atoms with van der Waals surface area (Å²) in [7, 11) is 1.69. The van der Waals surface area contributed by atoms with Crippen molar-refractivity contribution < 1.29 is 13.9 Å². The van der Waals surface area contributed by atoms with Crippen molar-refractivity contribution in [3.63, 3.8) is 0 Å². The topological polar surface area (TPSA) is 80.9 Å². The second-order valence-electron chi connectivity index (χ2n) is 6.70. The number of oxazole rings is 1. The summed E-state index contributed by atoms with van der Waals surface area (Å²) in [5.41, 5.74) is 3.09. The van der Waals surface area contributed by atoms with Gasteiger partial charge < -0.3 is 24.5 Å². The number of nitrogens with one attached hydrogen (secondary N) is 2. The molecule has 0 saturated heterocycles. The molecule has 1 unspecified atom stereocenters. The fourth-order valence-electron chi connectivity index (χ4n) is 3.08. The van der Waals surface area contributed by atoms with E-state index < -0.39 is 0 Å². The Kier molecular flexibility index (Phi) is 7.97. The zero-order valence-corrected chi connectivity index (χ0v) is 19.4. The first kappa shape index (κ1) is 22.3. The van der Waals surface area contributed by atoms with E-state index in [4.69, 9.17) is 13.9 Å². The Bertz CT molecular complexity index is 816. The number of rotatable bonds is 6. The Balaban J connectivity index is 0.00000280. The highest BCUT2D eigenvalue weighted by Gasteiger charge is 2.21. The number of hydrogen-bond acceptors (Lipinski definition) is 5. The van der Waals surface area contributed by atoms with Crippen LogP contribution in [0.5, 0.6) is 11.5 Å². The van der Waals surface area contributed by atoms with Crippen molar-refractivity contribution in [2.75, 3.05) is 13.7 Å². The van der Waals surface area contributed by atoms with Crippen molar-refractivity contribution in [2.45, 2.75) is 53.3 Å². The summed E-state index contributed by atoms with van der Waals surface area (Å²) in [6.45, 7) is 9.66. The Morgan fingerprint density at radius 1 is 1.32 bits per heavy atom. The molecule has 8 heteroatoms. The molecule has 2 aromatic rings. The smallest absolute Gasteiger partial charge is 0.214 e. The molecule has 0 fully saturated rings. The maximum Gasteiger partial charge on any atom is 0.214 e. The summed E-state index contributed by atoms with van der Waals surface area (Å²) in [5, 5.41) is 6.49. The summed E-state index contributed by atoms with van der Waals surface area (Å²) < 4.78 is 17.0. The fraction of sp³-hybridized carbons (Fsp3) is 0.500. The number of ether oxygens (including phenoxy) is 2. The van der Waals surface area contributed by atoms with Gasteiger partial charge in [-0.25, -0.2) is 9.98 Å². The molecule has 154 valence electrons. The number of nitrogens with zero attached hydrogens (tertiary/aromatic N) is 2. The van der Waals surface area contributed by atoms with Crippen LogP contribution in [0.3, 0.4) is 0 Å². The molecular weight excluding hydrogens is 471 g/mol. The number of benzene rings is 1. The van der Waals surface area contributed by atoms with Gasteiger partial charge >= 0.3 is 0 Å². The lowest BCUT2D eigenvalue weighted by Crippen LogP contribution is -2.36. The molecule has 2 N–H and O–H groups in total. The molecule has 0 aliphatic carbocycles. The highest BCUT2D eigenvalue weighted by Crippen LogP contribution is 2.35. The maximum atomic E-state index is 5.86. The number of methoxy groups -OCH3 is 1. The Morgan fingerprint density at radius 2 is 2.11 bits per heavy atom. The molecule has 0 amide bonds. The molecular formula is C20H29IN4O3. The largest absolute Gasteiger partial charge is 0.496 e. The number of fused-ring (bicyclic) bond motifs is 1. The normalized spacial score (nSPS) is 15.5. The van der Waals surface area contributed by atoms with E-state index in [9.17, 15) is 0 Å². The zero-order valence-electron chi connectivity index (χ0n) is 17.1. The second kappa shape index (κ2) is 9.99. The van der Waals surface area contributed by atoms with Crippen molar-refractivity contribution in [1.29, 1.82) is 0 Å². The second-order valence-corrected chi connectivity index (χ2v) is 6.70. The highest BCUT2D eigenvalue weighted by molar-refractivity contribution is 14.0. The summed E-state index contributed by atoms with van der Waals surface area (Å²) in [6, 6.07) is 4.09. The van der Waals surface area contributed by atoms with Gasteiger partial charge in [0.05, 0.1) is 25.9 Å². The van der Waals surface area contributed by atoms with Gasteiger partial charge in [-0.1, -0.05) is 0 Å². The minimum atomic E-state index is 0. The average Bonchev–Trinajstić information content (AvgIpc) is 3.16. The molecule has 0 spiro atoms. The fourth-order valence-corrected chi connectivity index (χ4v) is 3.08. The monoisotopic (exact) mass is 500 g/mol. The molecule has 1 aromatic carbocycles. The third-order valence-corrected chi connectivity index (χ3v) is 4.53. The van der Waals surface area contributed by atoms with E-state index in [-0.39, 0.29) is 30.1 Å². The van der Waals surface area contributed by atoms with Gasteiger partial charge in [0, 0.05) is 24.1 Å². The van der Waals surface area contributed by atoms with Gasteiger partial charge in [-0.05, 0) is 39.8 Å². The number of halogens is 1. The molecule has 0 radical (unpaired) electrons. The summed E-state index contributed by atoms with van der Waals surface area (Å²) in [5.74, 6) is 3.95. The lowest BCUT2D eigenvalue weighted by molar-refractivity contribution is 0.254. The van der Waals surface area contributed by atoms with Gasteiger partial charge in [0.25, 0.3) is 0 Å². The predicted octanol–water partition coefficient (Wildman–Crippen LogP) is 3.50. The first-order valence-electron chi connectivity index (χ1n) is 9.31. The van der Waals surface area contributed by atoms with Crippen molar-refractivity contribution in [3.05, 3.63) is 40.6 Å². The van der Waals surface area contributed by atoms with Crippen molar-refractivity contribution in [1.82, 2.24) is 15.6 Å². The van der Waals surface area contributed by atoms with Crippen LogP contribution in [0.15, 0.2) is 21.5 Å². The number of aryl methyl sites for hydroxylation is 2. The SMILES string of the molecule is CCNC(=NCc1cc2c(cc1OC)CC(C)O2)NCc1nc(C)c(C)o1.I. The first-order valence-corrected chi connectivity index (χ1v) is 9.31. The molecule has 1 aliphatic rings. The van der Waals surface area contributed by atoms with E-state index in [1.165, 1.54) is 5.56 Å². The number of hydrogen-bond donors (Lipinski definition) is 2. The van der Waals surface area contributed by atoms with Gasteiger partial charge in [-0.2, -0.15) is 0 Å². The van der Waals surface area contributed by atoms with E-state index in [2.05, 4.69) is 33.6 Å². The molecule has 28 heavy (non-hydrogen) atoms. The van der Waals surface area contributed by atoms with Crippen LogP contribution in [-0.4, -0.2) is 30.7 Å². The van der Waals surface area contributed by atoms with Crippen LogP contribution in [0.2, 0.25) is 0 Å². The molecule has 7 nitrogen and oxygen atoms in total. The number of guanidine groups is 1. The van der Waals surface area contributed by atoms with Gasteiger partial charge in [-0.3, -0.25) is 0 Å². The van der Waals surface area contributed by atoms with E-state index in [0.29, 0.717) is 24.9 Å². The standard InChI is InChI=1S/C20H28N4O3.HI/c1-6-21-20(23-11-19-24-13(3)14(4)27-19)22-10-16-9-18-15(7-12(2)26-18)8-17(16)25-5;/h8-9,12H,6-7,10-11H2,1-5H3,(H2,21,22,23);1H. The molecule has 0 saturated carbocycles.